The molecule has 0 bridgehead atoms. The third-order valence-corrected chi connectivity index (χ3v) is 4.63. The molecule has 0 nitrogen and oxygen atoms in total. The zero-order valence-electron chi connectivity index (χ0n) is 17.4. The van der Waals surface area contributed by atoms with E-state index in [1.54, 1.807) is 0 Å². The van der Waals surface area contributed by atoms with Crippen LogP contribution in [0.4, 0.5) is 0 Å². The Labute approximate surface area is 208 Å². The summed E-state index contributed by atoms with van der Waals surface area (Å²) in [5, 5.41) is 5.36. The molecule has 1 saturated carbocycles. The molecular formula is C26H30Cl2Zr-4. The van der Waals surface area contributed by atoms with Crippen molar-refractivity contribution in [3.63, 3.8) is 0 Å². The van der Waals surface area contributed by atoms with Gasteiger partial charge in [0.15, 0.2) is 0 Å². The largest absolute Gasteiger partial charge is 2.00 e. The number of benzene rings is 2. The first-order chi connectivity index (χ1) is 12.3. The monoisotopic (exact) mass is 502 g/mol. The third kappa shape index (κ3) is 10.1. The van der Waals surface area contributed by atoms with Crippen molar-refractivity contribution < 1.29 is 51.0 Å². The maximum absolute atomic E-state index is 2.39. The molecule has 0 unspecified atom stereocenters. The van der Waals surface area contributed by atoms with Crippen LogP contribution in [0.2, 0.25) is 0 Å². The van der Waals surface area contributed by atoms with E-state index in [2.05, 4.69) is 92.2 Å². The number of fused-ring (bicyclic) bond motifs is 2. The Morgan fingerprint density at radius 3 is 1.83 bits per heavy atom. The van der Waals surface area contributed by atoms with E-state index in [9.17, 15) is 0 Å². The smallest absolute Gasteiger partial charge is 1.00 e. The van der Waals surface area contributed by atoms with Crippen LogP contribution in [0.25, 0.3) is 21.5 Å². The number of rotatable bonds is 0. The van der Waals surface area contributed by atoms with E-state index < -0.39 is 0 Å². The van der Waals surface area contributed by atoms with Gasteiger partial charge in [0, 0.05) is 0 Å². The van der Waals surface area contributed by atoms with Crippen LogP contribution < -0.4 is 24.8 Å². The van der Waals surface area contributed by atoms with Crippen LogP contribution >= 0.6 is 0 Å². The van der Waals surface area contributed by atoms with Gasteiger partial charge in [-0.15, -0.1) is 70.3 Å². The van der Waals surface area contributed by atoms with Gasteiger partial charge in [-0.3, -0.25) is 0 Å². The summed E-state index contributed by atoms with van der Waals surface area (Å²) in [5.74, 6) is 0. The van der Waals surface area contributed by atoms with E-state index in [0.717, 1.165) is 0 Å². The summed E-state index contributed by atoms with van der Waals surface area (Å²) in [6.45, 7) is 2.12. The minimum Gasteiger partial charge on any atom is -1.00 e. The Kier molecular flexibility index (Phi) is 17.6. The van der Waals surface area contributed by atoms with Crippen molar-refractivity contribution in [1.82, 2.24) is 0 Å². The number of hydrogen-bond donors (Lipinski definition) is 0. The van der Waals surface area contributed by atoms with Gasteiger partial charge in [-0.1, -0.05) is 38.3 Å². The Morgan fingerprint density at radius 2 is 1.31 bits per heavy atom. The number of halogens is 2. The molecule has 0 aliphatic heterocycles. The number of hydrogen-bond acceptors (Lipinski definition) is 0. The molecule has 1 aliphatic rings. The zero-order chi connectivity index (χ0) is 17.3. The SMILES string of the molecule is Cc1cc2ccccc2[cH-]1.[CH-]1CCCCC1.[CH3-].[Cl-].[Cl-].[Zr+2].c1ccc2[cH-]ccc2c1. The van der Waals surface area contributed by atoms with Gasteiger partial charge in [0.1, 0.15) is 0 Å². The van der Waals surface area contributed by atoms with Gasteiger partial charge < -0.3 is 38.7 Å². The Hall–Kier alpha value is -0.877. The van der Waals surface area contributed by atoms with Gasteiger partial charge in [-0.05, 0) is 0 Å². The third-order valence-electron chi connectivity index (χ3n) is 4.63. The molecule has 3 heteroatoms. The van der Waals surface area contributed by atoms with Crippen molar-refractivity contribution in [3.8, 4) is 0 Å². The Morgan fingerprint density at radius 1 is 0.724 bits per heavy atom. The van der Waals surface area contributed by atoms with Crippen molar-refractivity contribution in [3.05, 3.63) is 98.3 Å². The molecule has 0 atom stereocenters. The topological polar surface area (TPSA) is 0 Å². The van der Waals surface area contributed by atoms with Crippen LogP contribution in [-0.2, 0) is 26.2 Å². The van der Waals surface area contributed by atoms with Gasteiger partial charge >= 0.3 is 26.2 Å². The summed E-state index contributed by atoms with van der Waals surface area (Å²) in [7, 11) is 0. The normalized spacial score (nSPS) is 11.8. The van der Waals surface area contributed by atoms with Gasteiger partial charge in [0.05, 0.1) is 0 Å². The van der Waals surface area contributed by atoms with E-state index >= 15 is 0 Å². The molecule has 1 fully saturated rings. The molecule has 0 heterocycles. The maximum Gasteiger partial charge on any atom is 2.00 e. The molecule has 0 saturated heterocycles. The summed E-state index contributed by atoms with van der Waals surface area (Å²) in [6, 6.07) is 27.5. The van der Waals surface area contributed by atoms with Crippen LogP contribution in [-0.4, -0.2) is 0 Å². The van der Waals surface area contributed by atoms with Crippen molar-refractivity contribution in [1.29, 1.82) is 0 Å². The first-order valence-corrected chi connectivity index (χ1v) is 9.37. The molecule has 0 N–H and O–H groups in total. The molecule has 156 valence electrons. The molecule has 4 aromatic carbocycles. The Balaban J connectivity index is 0. The van der Waals surface area contributed by atoms with E-state index in [1.807, 2.05) is 0 Å². The molecule has 0 spiro atoms. The maximum atomic E-state index is 2.39. The first kappa shape index (κ1) is 30.3. The zero-order valence-corrected chi connectivity index (χ0v) is 21.3. The van der Waals surface area contributed by atoms with Crippen molar-refractivity contribution in [2.75, 3.05) is 0 Å². The predicted octanol–water partition coefficient (Wildman–Crippen LogP) is 2.04. The van der Waals surface area contributed by atoms with Gasteiger partial charge in [0.2, 0.25) is 0 Å². The van der Waals surface area contributed by atoms with Crippen LogP contribution in [0.3, 0.4) is 0 Å². The van der Waals surface area contributed by atoms with Gasteiger partial charge in [0.25, 0.3) is 0 Å². The molecule has 1 aliphatic carbocycles. The predicted molar refractivity (Wildman–Crippen MR) is 118 cm³/mol. The summed E-state index contributed by atoms with van der Waals surface area (Å²) in [5.41, 5.74) is 1.35. The number of aryl methyl sites for hydroxylation is 1. The van der Waals surface area contributed by atoms with Crippen molar-refractivity contribution in [2.45, 2.75) is 39.0 Å². The minimum atomic E-state index is 0. The summed E-state index contributed by atoms with van der Waals surface area (Å²) in [4.78, 5) is 0. The molecule has 4 aromatic rings. The molecule has 5 rings (SSSR count). The summed E-state index contributed by atoms with van der Waals surface area (Å²) >= 11 is 0. The van der Waals surface area contributed by atoms with E-state index in [4.69, 9.17) is 0 Å². The van der Waals surface area contributed by atoms with Crippen molar-refractivity contribution >= 4 is 21.5 Å². The van der Waals surface area contributed by atoms with Gasteiger partial charge in [-0.2, -0.15) is 36.4 Å². The minimum absolute atomic E-state index is 0. The van der Waals surface area contributed by atoms with Gasteiger partial charge in [-0.25, -0.2) is 0 Å². The van der Waals surface area contributed by atoms with Crippen molar-refractivity contribution in [2.24, 2.45) is 0 Å². The second-order valence-corrected chi connectivity index (χ2v) is 6.74. The second-order valence-electron chi connectivity index (χ2n) is 6.74. The summed E-state index contributed by atoms with van der Waals surface area (Å²) in [6.07, 6.45) is 9.50. The van der Waals surface area contributed by atoms with Crippen LogP contribution in [0, 0.1) is 20.8 Å². The standard InChI is InChI=1S/C10H9.C9H7.C6H11.CH3.2ClH.Zr/c1-8-6-9-4-2-3-5-10(9)7-8;1-2-5-9-7-3-6-8(9)4-1;1-2-4-6-5-3-1;;;;/h2-7H,1H3;1-7H;1H,2-6H2;1H3;2*1H;/q4*-1;;;+2/p-2. The molecule has 0 aromatic heterocycles. The molecule has 0 radical (unpaired) electrons. The second kappa shape index (κ2) is 16.9. The van der Waals surface area contributed by atoms with E-state index in [1.165, 1.54) is 59.2 Å². The quantitative estimate of drug-likeness (QED) is 0.322. The van der Waals surface area contributed by atoms with Crippen LogP contribution in [0.5, 0.6) is 0 Å². The fraction of sp³-hybridized carbons (Fsp3) is 0.231. The van der Waals surface area contributed by atoms with E-state index in [-0.39, 0.29) is 58.4 Å². The average Bonchev–Trinajstić information content (AvgIpc) is 3.29. The van der Waals surface area contributed by atoms with E-state index in [0.29, 0.717) is 0 Å². The van der Waals surface area contributed by atoms with Crippen LogP contribution in [0.15, 0.2) is 78.9 Å². The summed E-state index contributed by atoms with van der Waals surface area (Å²) < 4.78 is 0. The average molecular weight is 505 g/mol. The molecular weight excluding hydrogens is 474 g/mol. The first-order valence-electron chi connectivity index (χ1n) is 9.37. The van der Waals surface area contributed by atoms with Crippen LogP contribution in [0.1, 0.15) is 37.7 Å². The molecule has 0 amide bonds. The molecule has 29 heavy (non-hydrogen) atoms. The fourth-order valence-corrected chi connectivity index (χ4v) is 3.27. The fourth-order valence-electron chi connectivity index (χ4n) is 3.27. The Bertz CT molecular complexity index is 813.